The van der Waals surface area contributed by atoms with Gasteiger partial charge in [-0.1, -0.05) is 24.4 Å². The first-order valence-corrected chi connectivity index (χ1v) is 6.55. The largest absolute Gasteiger partial charge is 0.495 e. The van der Waals surface area contributed by atoms with E-state index in [1.165, 1.54) is 7.11 Å². The van der Waals surface area contributed by atoms with Crippen molar-refractivity contribution in [2.45, 2.75) is 25.7 Å². The van der Waals surface area contributed by atoms with Crippen LogP contribution in [-0.4, -0.2) is 13.0 Å². The zero-order valence-electron chi connectivity index (χ0n) is 10.7. The molecule has 0 atom stereocenters. The number of methoxy groups -OCH3 is 1. The van der Waals surface area contributed by atoms with Crippen LogP contribution in [0.3, 0.4) is 0 Å². The zero-order chi connectivity index (χ0) is 13.9. The number of rotatable bonds is 3. The lowest BCUT2D eigenvalue weighted by Gasteiger charge is -2.20. The molecule has 0 radical (unpaired) electrons. The van der Waals surface area contributed by atoms with E-state index in [-0.39, 0.29) is 5.91 Å². The summed E-state index contributed by atoms with van der Waals surface area (Å²) in [5.74, 6) is 0.261. The highest BCUT2D eigenvalue weighted by molar-refractivity contribution is 6.31. The molecule has 1 N–H and O–H groups in total. The first-order valence-electron chi connectivity index (χ1n) is 6.17. The van der Waals surface area contributed by atoms with Crippen LogP contribution >= 0.6 is 11.6 Å². The van der Waals surface area contributed by atoms with Gasteiger partial charge in [0.1, 0.15) is 11.2 Å². The molecular weight excluding hydrogens is 264 g/mol. The van der Waals surface area contributed by atoms with Crippen molar-refractivity contribution in [3.8, 4) is 11.8 Å². The lowest BCUT2D eigenvalue weighted by molar-refractivity contribution is -0.122. The Morgan fingerprint density at radius 2 is 2.16 bits per heavy atom. The van der Waals surface area contributed by atoms with Gasteiger partial charge in [0.15, 0.2) is 0 Å². The summed E-state index contributed by atoms with van der Waals surface area (Å²) < 4.78 is 5.17. The molecule has 0 saturated heterocycles. The third kappa shape index (κ3) is 2.66. The van der Waals surface area contributed by atoms with Gasteiger partial charge in [0, 0.05) is 5.02 Å². The number of carbonyl (C=O) groups excluding carboxylic acids is 1. The molecule has 1 fully saturated rings. The monoisotopic (exact) mass is 278 g/mol. The van der Waals surface area contributed by atoms with Gasteiger partial charge in [-0.25, -0.2) is 0 Å². The summed E-state index contributed by atoms with van der Waals surface area (Å²) in [6.07, 6.45) is 3.04. The van der Waals surface area contributed by atoms with Crippen LogP contribution in [0.4, 0.5) is 5.69 Å². The van der Waals surface area contributed by atoms with Crippen molar-refractivity contribution < 1.29 is 9.53 Å². The summed E-state index contributed by atoms with van der Waals surface area (Å²) in [5.41, 5.74) is -0.408. The fourth-order valence-corrected chi connectivity index (χ4v) is 2.56. The van der Waals surface area contributed by atoms with Gasteiger partial charge in [-0.3, -0.25) is 4.79 Å². The van der Waals surface area contributed by atoms with Crippen LogP contribution in [-0.2, 0) is 4.79 Å². The van der Waals surface area contributed by atoms with Crippen molar-refractivity contribution in [1.82, 2.24) is 0 Å². The molecule has 4 nitrogen and oxygen atoms in total. The number of halogens is 1. The highest BCUT2D eigenvalue weighted by atomic mass is 35.5. The van der Waals surface area contributed by atoms with Gasteiger partial charge in [-0.15, -0.1) is 0 Å². The van der Waals surface area contributed by atoms with Gasteiger partial charge in [0.05, 0.1) is 18.9 Å². The van der Waals surface area contributed by atoms with Gasteiger partial charge in [-0.05, 0) is 31.0 Å². The summed E-state index contributed by atoms with van der Waals surface area (Å²) in [6, 6.07) is 7.16. The van der Waals surface area contributed by atoms with E-state index in [9.17, 15) is 10.1 Å². The van der Waals surface area contributed by atoms with Gasteiger partial charge in [0.2, 0.25) is 5.91 Å². The highest BCUT2D eigenvalue weighted by Gasteiger charge is 2.41. The lowest BCUT2D eigenvalue weighted by Crippen LogP contribution is -2.32. The summed E-state index contributed by atoms with van der Waals surface area (Å²) in [6.45, 7) is 0. The maximum Gasteiger partial charge on any atom is 0.244 e. The van der Waals surface area contributed by atoms with Crippen LogP contribution in [0.2, 0.25) is 5.02 Å². The van der Waals surface area contributed by atoms with Crippen LogP contribution < -0.4 is 10.1 Å². The van der Waals surface area contributed by atoms with Crippen molar-refractivity contribution in [1.29, 1.82) is 5.26 Å². The molecule has 1 saturated carbocycles. The average Bonchev–Trinajstić information content (AvgIpc) is 2.89. The fourth-order valence-electron chi connectivity index (χ4n) is 2.39. The van der Waals surface area contributed by atoms with E-state index in [2.05, 4.69) is 11.4 Å². The number of amides is 1. The molecule has 100 valence electrons. The highest BCUT2D eigenvalue weighted by Crippen LogP contribution is 2.39. The number of nitrogens with zero attached hydrogens (tertiary/aromatic N) is 1. The first-order chi connectivity index (χ1) is 9.11. The van der Waals surface area contributed by atoms with Crippen LogP contribution in [0.15, 0.2) is 18.2 Å². The standard InChI is InChI=1S/C14H15ClN2O2/c1-19-12-5-4-10(15)8-11(12)17-13(18)14(9-16)6-2-3-7-14/h4-5,8H,2-3,6-7H2,1H3,(H,17,18). The molecule has 1 aliphatic carbocycles. The Labute approximate surface area is 117 Å². The van der Waals surface area contributed by atoms with Gasteiger partial charge in [0.25, 0.3) is 0 Å². The molecule has 0 spiro atoms. The minimum atomic E-state index is -0.909. The number of nitrogens with one attached hydrogen (secondary N) is 1. The molecular formula is C14H15ClN2O2. The molecule has 0 aliphatic heterocycles. The average molecular weight is 279 g/mol. The van der Waals surface area contributed by atoms with Crippen molar-refractivity contribution in [2.75, 3.05) is 12.4 Å². The van der Waals surface area contributed by atoms with Crippen LogP contribution in [0.1, 0.15) is 25.7 Å². The van der Waals surface area contributed by atoms with E-state index in [0.717, 1.165) is 12.8 Å². The van der Waals surface area contributed by atoms with Crippen molar-refractivity contribution >= 4 is 23.2 Å². The Morgan fingerprint density at radius 3 is 2.74 bits per heavy atom. The summed E-state index contributed by atoms with van der Waals surface area (Å²) in [5, 5.41) is 12.6. The smallest absolute Gasteiger partial charge is 0.244 e. The van der Waals surface area contributed by atoms with E-state index < -0.39 is 5.41 Å². The second-order valence-electron chi connectivity index (χ2n) is 4.70. The molecule has 5 heteroatoms. The summed E-state index contributed by atoms with van der Waals surface area (Å²) >= 11 is 5.91. The number of hydrogen-bond donors (Lipinski definition) is 1. The SMILES string of the molecule is COc1ccc(Cl)cc1NC(=O)C1(C#N)CCCC1. The summed E-state index contributed by atoms with van der Waals surface area (Å²) in [7, 11) is 1.52. The Bertz CT molecular complexity index is 531. The quantitative estimate of drug-likeness (QED) is 0.922. The van der Waals surface area contributed by atoms with Crippen molar-refractivity contribution in [3.05, 3.63) is 23.2 Å². The second kappa shape index (κ2) is 5.50. The number of nitriles is 1. The Hall–Kier alpha value is -1.73. The minimum Gasteiger partial charge on any atom is -0.495 e. The molecule has 19 heavy (non-hydrogen) atoms. The predicted octanol–water partition coefficient (Wildman–Crippen LogP) is 3.37. The number of ether oxygens (including phenoxy) is 1. The van der Waals surface area contributed by atoms with Crippen LogP contribution in [0.5, 0.6) is 5.75 Å². The van der Waals surface area contributed by atoms with E-state index in [4.69, 9.17) is 16.3 Å². The lowest BCUT2D eigenvalue weighted by atomic mass is 9.87. The number of benzene rings is 1. The molecule has 1 aliphatic rings. The molecule has 0 bridgehead atoms. The van der Waals surface area contributed by atoms with Crippen molar-refractivity contribution in [3.63, 3.8) is 0 Å². The van der Waals surface area contributed by atoms with Crippen LogP contribution in [0, 0.1) is 16.7 Å². The first kappa shape index (κ1) is 13.7. The molecule has 0 unspecified atom stereocenters. The number of carbonyl (C=O) groups is 1. The topological polar surface area (TPSA) is 62.1 Å². The number of anilines is 1. The Morgan fingerprint density at radius 1 is 1.47 bits per heavy atom. The molecule has 2 rings (SSSR count). The third-order valence-electron chi connectivity index (χ3n) is 3.52. The fraction of sp³-hybridized carbons (Fsp3) is 0.429. The van der Waals surface area contributed by atoms with E-state index in [1.807, 2.05) is 0 Å². The summed E-state index contributed by atoms with van der Waals surface area (Å²) in [4.78, 5) is 12.3. The van der Waals surface area contributed by atoms with Gasteiger partial charge < -0.3 is 10.1 Å². The maximum atomic E-state index is 12.3. The van der Waals surface area contributed by atoms with E-state index >= 15 is 0 Å². The van der Waals surface area contributed by atoms with Gasteiger partial charge in [-0.2, -0.15) is 5.26 Å². The normalized spacial score (nSPS) is 16.7. The van der Waals surface area contributed by atoms with E-state index in [1.54, 1.807) is 18.2 Å². The Balaban J connectivity index is 2.24. The maximum absolute atomic E-state index is 12.3. The van der Waals surface area contributed by atoms with E-state index in [0.29, 0.717) is 29.3 Å². The molecule has 0 aromatic heterocycles. The van der Waals surface area contributed by atoms with Gasteiger partial charge >= 0.3 is 0 Å². The molecule has 1 aromatic rings. The zero-order valence-corrected chi connectivity index (χ0v) is 11.5. The molecule has 0 heterocycles. The third-order valence-corrected chi connectivity index (χ3v) is 3.75. The molecule has 1 aromatic carbocycles. The Kier molecular flexibility index (Phi) is 3.96. The minimum absolute atomic E-state index is 0.270. The predicted molar refractivity (Wildman–Crippen MR) is 73.1 cm³/mol. The molecule has 1 amide bonds. The number of hydrogen-bond acceptors (Lipinski definition) is 3. The second-order valence-corrected chi connectivity index (χ2v) is 5.14. The van der Waals surface area contributed by atoms with Crippen LogP contribution in [0.25, 0.3) is 0 Å². The van der Waals surface area contributed by atoms with Crippen molar-refractivity contribution in [2.24, 2.45) is 5.41 Å².